The van der Waals surface area contributed by atoms with Gasteiger partial charge in [0.05, 0.1) is 9.52 Å². The number of fused-ring (bicyclic) bond motifs is 5. The number of rotatable bonds is 10. The number of hydrogen-bond donors (Lipinski definition) is 0. The quantitative estimate of drug-likeness (QED) is 0.0946. The summed E-state index contributed by atoms with van der Waals surface area (Å²) in [6, 6.07) is 76.1. The Balaban J connectivity index is 0.000000140. The predicted molar refractivity (Wildman–Crippen MR) is 295 cm³/mol. The Hall–Kier alpha value is -5.34. The van der Waals surface area contributed by atoms with Gasteiger partial charge in [0.15, 0.2) is 0 Å². The minimum atomic E-state index is -0.826. The van der Waals surface area contributed by atoms with E-state index in [1.807, 2.05) is 6.07 Å². The fourth-order valence-electron chi connectivity index (χ4n) is 9.65. The molecule has 338 valence electrons. The first-order valence-corrected chi connectivity index (χ1v) is 31.4. The van der Waals surface area contributed by atoms with Crippen molar-refractivity contribution in [2.24, 2.45) is 0 Å². The zero-order valence-electron chi connectivity index (χ0n) is 39.6. The number of benzene rings is 8. The molecule has 0 fully saturated rings. The van der Waals surface area contributed by atoms with Crippen LogP contribution < -0.4 is 10.4 Å². The molecule has 0 atom stereocenters. The Morgan fingerprint density at radius 1 is 0.456 bits per heavy atom. The van der Waals surface area contributed by atoms with E-state index in [1.54, 1.807) is 0 Å². The van der Waals surface area contributed by atoms with Crippen LogP contribution in [0.3, 0.4) is 0 Å². The van der Waals surface area contributed by atoms with Crippen LogP contribution in [0.1, 0.15) is 62.8 Å². The fraction of sp³-hybridized carbons (Fsp3) is 0.156. The Kier molecular flexibility index (Phi) is 17.5. The van der Waals surface area contributed by atoms with Crippen LogP contribution in [0.5, 0.6) is 0 Å². The van der Waals surface area contributed by atoms with Crippen molar-refractivity contribution in [2.75, 3.05) is 0 Å². The zero-order valence-corrected chi connectivity index (χ0v) is 44.5. The summed E-state index contributed by atoms with van der Waals surface area (Å²) in [7, 11) is 10.7. The van der Waals surface area contributed by atoms with Crippen molar-refractivity contribution in [1.29, 1.82) is 0 Å². The molecule has 1 aliphatic heterocycles. The first-order valence-electron chi connectivity index (χ1n) is 24.0. The Morgan fingerprint density at radius 2 is 0.868 bits per heavy atom. The maximum atomic E-state index is 4.93. The maximum absolute atomic E-state index is 4.93. The molecule has 0 amide bonds. The van der Waals surface area contributed by atoms with E-state index < -0.39 is 20.8 Å². The molecule has 0 saturated carbocycles. The third-order valence-corrected chi connectivity index (χ3v) is 14.2. The van der Waals surface area contributed by atoms with Crippen LogP contribution in [0.4, 0.5) is 0 Å². The summed E-state index contributed by atoms with van der Waals surface area (Å²) in [6.07, 6.45) is 6.71. The molecular weight excluding hydrogens is 959 g/mol. The van der Waals surface area contributed by atoms with E-state index >= 15 is 0 Å². The summed E-state index contributed by atoms with van der Waals surface area (Å²) in [5.74, 6) is 0. The van der Waals surface area contributed by atoms with Crippen LogP contribution >= 0.6 is 17.0 Å². The second kappa shape index (κ2) is 24.3. The molecule has 0 nitrogen and oxygen atoms in total. The third kappa shape index (κ3) is 11.2. The van der Waals surface area contributed by atoms with Crippen molar-refractivity contribution in [1.82, 2.24) is 0 Å². The normalized spacial score (nSPS) is 11.1. The zero-order chi connectivity index (χ0) is 47.2. The van der Waals surface area contributed by atoms with Crippen molar-refractivity contribution in [3.63, 3.8) is 0 Å². The van der Waals surface area contributed by atoms with Crippen molar-refractivity contribution in [2.45, 2.75) is 66.2 Å². The van der Waals surface area contributed by atoms with Crippen LogP contribution in [0, 0.1) is 6.07 Å². The molecule has 0 spiro atoms. The number of aryl methyl sites for hydroxylation is 4. The first kappa shape index (κ1) is 49.1. The molecule has 4 heteroatoms. The molecule has 2 radical (unpaired) electrons. The minimum Gasteiger partial charge on any atom is -0.184 e. The molecule has 10 aromatic rings. The van der Waals surface area contributed by atoms with Gasteiger partial charge in [0, 0.05) is 0 Å². The van der Waals surface area contributed by atoms with Crippen LogP contribution in [0.25, 0.3) is 77.2 Å². The molecule has 0 unspecified atom stereocenters. The largest absolute Gasteiger partial charge is 0.184 e. The smallest absolute Gasteiger partial charge is 0.0920 e. The summed E-state index contributed by atoms with van der Waals surface area (Å²) in [4.78, 5) is 0. The molecule has 0 saturated heterocycles. The van der Waals surface area contributed by atoms with Crippen LogP contribution in [0.15, 0.2) is 200 Å². The summed E-state index contributed by atoms with van der Waals surface area (Å²) in [5, 5.41) is 8.34. The summed E-state index contributed by atoms with van der Waals surface area (Å²) in [6.45, 7) is 9.00. The van der Waals surface area contributed by atoms with Crippen molar-refractivity contribution >= 4 is 58.5 Å². The van der Waals surface area contributed by atoms with E-state index in [-0.39, 0.29) is 0 Å². The maximum Gasteiger partial charge on any atom is 0.0920 e. The average molecular weight is 1020 g/mol. The fourth-order valence-corrected chi connectivity index (χ4v) is 11.0. The van der Waals surface area contributed by atoms with Crippen molar-refractivity contribution in [3.05, 3.63) is 229 Å². The van der Waals surface area contributed by atoms with Crippen molar-refractivity contribution in [3.8, 4) is 55.6 Å². The Morgan fingerprint density at radius 3 is 1.32 bits per heavy atom. The molecule has 0 aliphatic carbocycles. The van der Waals surface area contributed by atoms with Gasteiger partial charge >= 0.3 is 37.9 Å². The van der Waals surface area contributed by atoms with Gasteiger partial charge in [-0.3, -0.25) is 0 Å². The predicted octanol–water partition coefficient (Wildman–Crippen LogP) is 17.3. The molecular formula is C64H57Cl2SiZr-3. The monoisotopic (exact) mass is 1010 g/mol. The average Bonchev–Trinajstić information content (AvgIpc) is 4.13. The molecule has 10 aromatic carbocycles. The Bertz CT molecular complexity index is 2980. The van der Waals surface area contributed by atoms with Crippen LogP contribution in [-0.2, 0) is 46.5 Å². The van der Waals surface area contributed by atoms with E-state index in [2.05, 4.69) is 228 Å². The van der Waals surface area contributed by atoms with Gasteiger partial charge in [0.25, 0.3) is 0 Å². The van der Waals surface area contributed by atoms with Crippen LogP contribution in [-0.4, -0.2) is 9.52 Å². The van der Waals surface area contributed by atoms with Gasteiger partial charge in [-0.15, -0.1) is 74.6 Å². The molecule has 0 aromatic heterocycles. The summed E-state index contributed by atoms with van der Waals surface area (Å²) in [5.41, 5.74) is 19.3. The second-order valence-corrected chi connectivity index (χ2v) is 22.2. The Labute approximate surface area is 426 Å². The minimum absolute atomic E-state index is 0.795. The SMILES string of the molecule is CCCc1ccc2[cH-]c(CC)cc2c1-c1ccccc1-c1ccccc1.CCCc1ccc2[cH-]c(CC)cc2c1-c1ccccc1-c1ccccc1.[Cl][Zr][Cl].[c-]1cccc2c1[Si]c1ccccc1-2. The molecule has 11 rings (SSSR count). The topological polar surface area (TPSA) is 0 Å². The van der Waals surface area contributed by atoms with Gasteiger partial charge in [-0.25, -0.2) is 0 Å². The van der Waals surface area contributed by atoms with Gasteiger partial charge in [-0.2, -0.15) is 41.6 Å². The molecule has 0 N–H and O–H groups in total. The third-order valence-electron chi connectivity index (χ3n) is 12.8. The molecule has 68 heavy (non-hydrogen) atoms. The van der Waals surface area contributed by atoms with Crippen LogP contribution in [0.2, 0.25) is 0 Å². The second-order valence-electron chi connectivity index (χ2n) is 17.2. The van der Waals surface area contributed by atoms with E-state index in [9.17, 15) is 0 Å². The number of halogens is 2. The number of hydrogen-bond acceptors (Lipinski definition) is 0. The van der Waals surface area contributed by atoms with Gasteiger partial charge in [-0.05, 0) is 59.1 Å². The van der Waals surface area contributed by atoms with E-state index in [4.69, 9.17) is 17.0 Å². The molecule has 1 heterocycles. The molecule has 0 bridgehead atoms. The van der Waals surface area contributed by atoms with E-state index in [0.29, 0.717) is 0 Å². The molecule has 1 aliphatic rings. The van der Waals surface area contributed by atoms with Gasteiger partial charge < -0.3 is 0 Å². The summed E-state index contributed by atoms with van der Waals surface area (Å²) >= 11 is -0.826. The first-order chi connectivity index (χ1) is 33.5. The van der Waals surface area contributed by atoms with Gasteiger partial charge in [-0.1, -0.05) is 207 Å². The standard InChI is InChI=1S/2C26H25.C12H7Si.2ClH.Zr/c2*1-3-10-21-15-16-22-17-19(4-2)18-25(22)26(21)24-14-9-8-13-23(24)20-11-6-5-7-12-20;1-3-7-11-9(5-1)10-6-2-4-8-12(10)13-11;;;/h2*5-9,11-18H,3-4,10H2,1-2H3;1-7H;2*1H;/q3*-1;;;+2/p-2. The van der Waals surface area contributed by atoms with E-state index in [1.165, 1.54) is 110 Å². The van der Waals surface area contributed by atoms with E-state index in [0.717, 1.165) is 48.0 Å². The summed E-state index contributed by atoms with van der Waals surface area (Å²) < 4.78 is 0. The van der Waals surface area contributed by atoms with Gasteiger partial charge in [0.2, 0.25) is 0 Å². The van der Waals surface area contributed by atoms with Crippen molar-refractivity contribution < 1.29 is 20.8 Å². The van der Waals surface area contributed by atoms with Gasteiger partial charge in [0.1, 0.15) is 0 Å².